The minimum absolute atomic E-state index is 0. The molecular formula is C2H12Na2O5. The first-order valence-corrected chi connectivity index (χ1v) is 0.928. The molecule has 0 heterocycles. The summed E-state index contributed by atoms with van der Waals surface area (Å²) in [5, 5.41) is 7.42. The van der Waals surface area contributed by atoms with E-state index in [1.54, 1.807) is 0 Å². The summed E-state index contributed by atoms with van der Waals surface area (Å²) in [6.07, 6.45) is 0. The van der Waals surface area contributed by atoms with Crippen molar-refractivity contribution in [1.29, 1.82) is 0 Å². The van der Waals surface area contributed by atoms with E-state index in [9.17, 15) is 0 Å². The summed E-state index contributed by atoms with van der Waals surface area (Å²) in [5.41, 5.74) is 0. The Bertz CT molecular complexity index is 35.9. The molecule has 0 radical (unpaired) electrons. The Labute approximate surface area is 97.3 Å². The van der Waals surface area contributed by atoms with Crippen molar-refractivity contribution in [2.45, 2.75) is 6.92 Å². The van der Waals surface area contributed by atoms with Crippen molar-refractivity contribution in [3.63, 3.8) is 0 Å². The van der Waals surface area contributed by atoms with Crippen molar-refractivity contribution < 1.29 is 26.3 Å². The molecule has 0 saturated carbocycles. The SMILES string of the molecule is CC(=O)O.O.O.O.[NaH].[NaH]. The van der Waals surface area contributed by atoms with Gasteiger partial charge in [0, 0.05) is 6.92 Å². The van der Waals surface area contributed by atoms with Crippen LogP contribution < -0.4 is 0 Å². The maximum absolute atomic E-state index is 9.00. The second-order valence-electron chi connectivity index (χ2n) is 0.519. The van der Waals surface area contributed by atoms with Gasteiger partial charge in [-0.05, 0) is 0 Å². The molecule has 0 atom stereocenters. The normalized spacial score (nSPS) is 2.78. The van der Waals surface area contributed by atoms with Crippen LogP contribution in [0.1, 0.15) is 6.92 Å². The zero-order valence-electron chi connectivity index (χ0n) is 3.86. The van der Waals surface area contributed by atoms with Crippen molar-refractivity contribution in [1.82, 2.24) is 0 Å². The van der Waals surface area contributed by atoms with Crippen LogP contribution in [0.5, 0.6) is 0 Å². The van der Waals surface area contributed by atoms with Gasteiger partial charge in [-0.2, -0.15) is 0 Å². The fourth-order valence-corrected chi connectivity index (χ4v) is 0. The van der Waals surface area contributed by atoms with Crippen LogP contribution in [0.4, 0.5) is 0 Å². The van der Waals surface area contributed by atoms with Gasteiger partial charge in [0.15, 0.2) is 0 Å². The van der Waals surface area contributed by atoms with Gasteiger partial charge >= 0.3 is 59.1 Å². The van der Waals surface area contributed by atoms with Crippen molar-refractivity contribution in [2.75, 3.05) is 0 Å². The summed E-state index contributed by atoms with van der Waals surface area (Å²) < 4.78 is 0. The van der Waals surface area contributed by atoms with Crippen LogP contribution in [-0.2, 0) is 4.79 Å². The molecular weight excluding hydrogens is 150 g/mol. The summed E-state index contributed by atoms with van der Waals surface area (Å²) in [5.74, 6) is -0.833. The average molecular weight is 162 g/mol. The Morgan fingerprint density at radius 2 is 1.11 bits per heavy atom. The third kappa shape index (κ3) is 277. The van der Waals surface area contributed by atoms with Gasteiger partial charge in [-0.3, -0.25) is 4.79 Å². The van der Waals surface area contributed by atoms with E-state index >= 15 is 0 Å². The topological polar surface area (TPSA) is 132 Å². The molecule has 0 saturated heterocycles. The number of rotatable bonds is 0. The minimum atomic E-state index is -0.833. The number of hydrogen-bond donors (Lipinski definition) is 1. The van der Waals surface area contributed by atoms with Crippen LogP contribution in [-0.4, -0.2) is 86.6 Å². The van der Waals surface area contributed by atoms with E-state index in [-0.39, 0.29) is 75.5 Å². The molecule has 0 aliphatic rings. The van der Waals surface area contributed by atoms with E-state index in [1.165, 1.54) is 0 Å². The summed E-state index contributed by atoms with van der Waals surface area (Å²) in [4.78, 5) is 9.00. The Morgan fingerprint density at radius 1 is 1.11 bits per heavy atom. The number of aliphatic carboxylic acids is 1. The third-order valence-electron chi connectivity index (χ3n) is 0. The Morgan fingerprint density at radius 3 is 1.11 bits per heavy atom. The summed E-state index contributed by atoms with van der Waals surface area (Å²) in [6.45, 7) is 1.08. The van der Waals surface area contributed by atoms with Crippen molar-refractivity contribution in [3.8, 4) is 0 Å². The molecule has 0 aromatic heterocycles. The van der Waals surface area contributed by atoms with E-state index < -0.39 is 5.97 Å². The molecule has 7 N–H and O–H groups in total. The molecule has 0 unspecified atom stereocenters. The Balaban J connectivity index is -0.00000000450. The van der Waals surface area contributed by atoms with Crippen molar-refractivity contribution in [3.05, 3.63) is 0 Å². The van der Waals surface area contributed by atoms with Gasteiger partial charge < -0.3 is 21.5 Å². The predicted octanol–water partition coefficient (Wildman–Crippen LogP) is -3.68. The predicted molar refractivity (Wildman–Crippen MR) is 38.4 cm³/mol. The molecule has 0 amide bonds. The molecule has 52 valence electrons. The molecule has 0 aliphatic carbocycles. The van der Waals surface area contributed by atoms with Crippen LogP contribution in [0, 0.1) is 0 Å². The third-order valence-corrected chi connectivity index (χ3v) is 0. The van der Waals surface area contributed by atoms with E-state index in [1.807, 2.05) is 0 Å². The van der Waals surface area contributed by atoms with Crippen LogP contribution >= 0.6 is 0 Å². The van der Waals surface area contributed by atoms with Crippen molar-refractivity contribution in [2.24, 2.45) is 0 Å². The molecule has 9 heavy (non-hydrogen) atoms. The first-order valence-electron chi connectivity index (χ1n) is 0.928. The first kappa shape index (κ1) is 47.8. The molecule has 0 bridgehead atoms. The number of hydrogen-bond acceptors (Lipinski definition) is 1. The van der Waals surface area contributed by atoms with Crippen LogP contribution in [0.3, 0.4) is 0 Å². The standard InChI is InChI=1S/C2H4O2.2Na.3H2O.2H/c1-2(3)4;;;;;;;/h1H3,(H,3,4);;;3*1H2;;. The van der Waals surface area contributed by atoms with Gasteiger partial charge in [-0.15, -0.1) is 0 Å². The van der Waals surface area contributed by atoms with Gasteiger partial charge in [0.2, 0.25) is 0 Å². The van der Waals surface area contributed by atoms with E-state index in [0.29, 0.717) is 0 Å². The Kier molecular flexibility index (Phi) is 183. The summed E-state index contributed by atoms with van der Waals surface area (Å²) in [7, 11) is 0. The molecule has 5 nitrogen and oxygen atoms in total. The molecule has 0 aromatic rings. The van der Waals surface area contributed by atoms with Gasteiger partial charge in [-0.1, -0.05) is 0 Å². The molecule has 7 heteroatoms. The monoisotopic (exact) mass is 162 g/mol. The molecule has 0 fully saturated rings. The zero-order chi connectivity index (χ0) is 3.58. The first-order chi connectivity index (χ1) is 1.73. The Hall–Kier alpha value is 1.35. The van der Waals surface area contributed by atoms with E-state index in [4.69, 9.17) is 9.90 Å². The van der Waals surface area contributed by atoms with Gasteiger partial charge in [0.25, 0.3) is 5.97 Å². The van der Waals surface area contributed by atoms with Crippen molar-refractivity contribution >= 4 is 65.1 Å². The maximum atomic E-state index is 9.00. The van der Waals surface area contributed by atoms with Crippen LogP contribution in [0.25, 0.3) is 0 Å². The van der Waals surface area contributed by atoms with Gasteiger partial charge in [0.05, 0.1) is 0 Å². The van der Waals surface area contributed by atoms with Gasteiger partial charge in [0.1, 0.15) is 0 Å². The number of carboxylic acids is 1. The second kappa shape index (κ2) is 34.5. The molecule has 0 aromatic carbocycles. The van der Waals surface area contributed by atoms with Crippen LogP contribution in [0.15, 0.2) is 0 Å². The van der Waals surface area contributed by atoms with Crippen LogP contribution in [0.2, 0.25) is 0 Å². The van der Waals surface area contributed by atoms with Gasteiger partial charge in [-0.25, -0.2) is 0 Å². The molecule has 0 rings (SSSR count). The summed E-state index contributed by atoms with van der Waals surface area (Å²) >= 11 is 0. The molecule has 0 spiro atoms. The molecule has 0 aliphatic heterocycles. The fourth-order valence-electron chi connectivity index (χ4n) is 0. The van der Waals surface area contributed by atoms with E-state index in [0.717, 1.165) is 6.92 Å². The zero-order valence-corrected chi connectivity index (χ0v) is 3.86. The number of carbonyl (C=O) groups is 1. The fraction of sp³-hybridized carbons (Fsp3) is 0.500. The van der Waals surface area contributed by atoms with E-state index in [2.05, 4.69) is 0 Å². The second-order valence-corrected chi connectivity index (χ2v) is 0.519. The average Bonchev–Trinajstić information content (AvgIpc) is 0.811. The quantitative estimate of drug-likeness (QED) is 0.367. The number of carboxylic acid groups (broad SMARTS) is 1. The summed E-state index contributed by atoms with van der Waals surface area (Å²) in [6, 6.07) is 0.